The van der Waals surface area contributed by atoms with Crippen LogP contribution in [0.3, 0.4) is 0 Å². The Kier molecular flexibility index (Phi) is 3.95. The van der Waals surface area contributed by atoms with Crippen molar-refractivity contribution in [1.29, 1.82) is 5.26 Å². The molecule has 1 N–H and O–H groups in total. The number of alkyl halides is 3. The van der Waals surface area contributed by atoms with Crippen LogP contribution in [-0.2, 0) is 0 Å². The molecule has 1 aromatic carbocycles. The fraction of sp³-hybridized carbons (Fsp3) is 0.231. The summed E-state index contributed by atoms with van der Waals surface area (Å²) in [5.41, 5.74) is 1.86. The molecule has 2 aromatic rings. The Bertz CT molecular complexity index is 626. The summed E-state index contributed by atoms with van der Waals surface area (Å²) in [5.74, 6) is 0. The molecular formula is C13H10F3N3S. The molecule has 0 radical (unpaired) electrons. The SMILES string of the molecule is CC(Nc1nc(-c2ccc(C#N)cc2)cs1)C(F)(F)F. The first-order valence-electron chi connectivity index (χ1n) is 5.69. The van der Waals surface area contributed by atoms with Crippen molar-refractivity contribution < 1.29 is 13.2 Å². The molecule has 0 aliphatic heterocycles. The molecule has 0 saturated heterocycles. The lowest BCUT2D eigenvalue weighted by atomic mass is 10.1. The van der Waals surface area contributed by atoms with Crippen LogP contribution in [0.2, 0.25) is 0 Å². The number of anilines is 1. The molecular weight excluding hydrogens is 287 g/mol. The van der Waals surface area contributed by atoms with Gasteiger partial charge in [0, 0.05) is 10.9 Å². The van der Waals surface area contributed by atoms with Crippen LogP contribution in [0.1, 0.15) is 12.5 Å². The van der Waals surface area contributed by atoms with E-state index >= 15 is 0 Å². The molecule has 0 spiro atoms. The van der Waals surface area contributed by atoms with Gasteiger partial charge in [-0.05, 0) is 19.1 Å². The fourth-order valence-electron chi connectivity index (χ4n) is 1.46. The fourth-order valence-corrected chi connectivity index (χ4v) is 2.26. The van der Waals surface area contributed by atoms with Crippen LogP contribution in [-0.4, -0.2) is 17.2 Å². The van der Waals surface area contributed by atoms with Crippen LogP contribution in [0.15, 0.2) is 29.6 Å². The summed E-state index contributed by atoms with van der Waals surface area (Å²) in [6, 6.07) is 7.05. The monoisotopic (exact) mass is 297 g/mol. The summed E-state index contributed by atoms with van der Waals surface area (Å²) < 4.78 is 37.3. The average Bonchev–Trinajstić information content (AvgIpc) is 2.86. The molecule has 0 aliphatic rings. The van der Waals surface area contributed by atoms with E-state index in [0.717, 1.165) is 23.8 Å². The molecule has 0 fully saturated rings. The Labute approximate surface area is 117 Å². The molecule has 104 valence electrons. The number of hydrogen-bond donors (Lipinski definition) is 1. The number of nitrogens with zero attached hydrogens (tertiary/aromatic N) is 2. The molecule has 1 atom stereocenters. The lowest BCUT2D eigenvalue weighted by Crippen LogP contribution is -2.32. The molecule has 1 heterocycles. The van der Waals surface area contributed by atoms with Crippen LogP contribution in [0, 0.1) is 11.3 Å². The van der Waals surface area contributed by atoms with Crippen LogP contribution in [0.5, 0.6) is 0 Å². The Morgan fingerprint density at radius 3 is 2.50 bits per heavy atom. The first kappa shape index (κ1) is 14.3. The van der Waals surface area contributed by atoms with E-state index in [-0.39, 0.29) is 5.13 Å². The number of thiazole rings is 1. The largest absolute Gasteiger partial charge is 0.408 e. The number of nitriles is 1. The quantitative estimate of drug-likeness (QED) is 0.930. The predicted molar refractivity (Wildman–Crippen MR) is 71.4 cm³/mol. The van der Waals surface area contributed by atoms with E-state index in [1.54, 1.807) is 29.6 Å². The van der Waals surface area contributed by atoms with Crippen molar-refractivity contribution >= 4 is 16.5 Å². The van der Waals surface area contributed by atoms with Crippen LogP contribution < -0.4 is 5.32 Å². The van der Waals surface area contributed by atoms with E-state index in [2.05, 4.69) is 10.3 Å². The maximum Gasteiger partial charge on any atom is 0.408 e. The molecule has 0 saturated carbocycles. The van der Waals surface area contributed by atoms with Gasteiger partial charge >= 0.3 is 6.18 Å². The lowest BCUT2D eigenvalue weighted by molar-refractivity contribution is -0.138. The molecule has 7 heteroatoms. The molecule has 3 nitrogen and oxygen atoms in total. The summed E-state index contributed by atoms with van der Waals surface area (Å²) in [6.45, 7) is 1.04. The second-order valence-electron chi connectivity index (χ2n) is 4.13. The van der Waals surface area contributed by atoms with Crippen molar-refractivity contribution in [1.82, 2.24) is 4.98 Å². The van der Waals surface area contributed by atoms with Crippen LogP contribution in [0.25, 0.3) is 11.3 Å². The molecule has 1 unspecified atom stereocenters. The van der Waals surface area contributed by atoms with Crippen molar-refractivity contribution in [2.75, 3.05) is 5.32 Å². The number of aromatic nitrogens is 1. The highest BCUT2D eigenvalue weighted by Gasteiger charge is 2.36. The zero-order chi connectivity index (χ0) is 14.8. The molecule has 1 aromatic heterocycles. The first-order chi connectivity index (χ1) is 9.40. The van der Waals surface area contributed by atoms with Gasteiger partial charge in [0.05, 0.1) is 17.3 Å². The molecule has 0 bridgehead atoms. The van der Waals surface area contributed by atoms with Crippen molar-refractivity contribution in [2.24, 2.45) is 0 Å². The summed E-state index contributed by atoms with van der Waals surface area (Å²) in [6.07, 6.45) is -4.31. The molecule has 0 aliphatic carbocycles. The molecule has 2 rings (SSSR count). The maximum atomic E-state index is 12.4. The number of benzene rings is 1. The zero-order valence-corrected chi connectivity index (χ0v) is 11.2. The van der Waals surface area contributed by atoms with Gasteiger partial charge in [0.15, 0.2) is 5.13 Å². The number of nitrogens with one attached hydrogen (secondary N) is 1. The second-order valence-corrected chi connectivity index (χ2v) is 4.99. The van der Waals surface area contributed by atoms with Crippen LogP contribution in [0.4, 0.5) is 18.3 Å². The highest BCUT2D eigenvalue weighted by molar-refractivity contribution is 7.14. The standard InChI is InChI=1S/C13H10F3N3S/c1-8(13(14,15)16)18-12-19-11(7-20-12)10-4-2-9(6-17)3-5-10/h2-5,7-8H,1H3,(H,18,19). The number of rotatable bonds is 3. The number of halogens is 3. The Balaban J connectivity index is 2.14. The van der Waals surface area contributed by atoms with Gasteiger partial charge in [-0.1, -0.05) is 12.1 Å². The van der Waals surface area contributed by atoms with Gasteiger partial charge in [-0.15, -0.1) is 11.3 Å². The smallest absolute Gasteiger partial charge is 0.350 e. The van der Waals surface area contributed by atoms with Crippen LogP contribution >= 0.6 is 11.3 Å². The maximum absolute atomic E-state index is 12.4. The lowest BCUT2D eigenvalue weighted by Gasteiger charge is -2.16. The molecule has 20 heavy (non-hydrogen) atoms. The van der Waals surface area contributed by atoms with Crippen molar-refractivity contribution in [3.8, 4) is 17.3 Å². The summed E-state index contributed by atoms with van der Waals surface area (Å²) >= 11 is 1.11. The van der Waals surface area contributed by atoms with E-state index < -0.39 is 12.2 Å². The van der Waals surface area contributed by atoms with Crippen molar-refractivity contribution in [3.05, 3.63) is 35.2 Å². The van der Waals surface area contributed by atoms with Gasteiger partial charge < -0.3 is 5.32 Å². The third-order valence-electron chi connectivity index (χ3n) is 2.64. The highest BCUT2D eigenvalue weighted by atomic mass is 32.1. The van der Waals surface area contributed by atoms with Gasteiger partial charge in [-0.2, -0.15) is 18.4 Å². The zero-order valence-electron chi connectivity index (χ0n) is 10.4. The average molecular weight is 297 g/mol. The highest BCUT2D eigenvalue weighted by Crippen LogP contribution is 2.28. The third-order valence-corrected chi connectivity index (χ3v) is 3.42. The third kappa shape index (κ3) is 3.27. The van der Waals surface area contributed by atoms with Gasteiger partial charge in [-0.25, -0.2) is 4.98 Å². The predicted octanol–water partition coefficient (Wildman–Crippen LogP) is 4.04. The minimum absolute atomic E-state index is 0.217. The van der Waals surface area contributed by atoms with Gasteiger partial charge in [0.1, 0.15) is 6.04 Å². The van der Waals surface area contributed by atoms with Gasteiger partial charge in [0.25, 0.3) is 0 Å². The first-order valence-corrected chi connectivity index (χ1v) is 6.57. The second kappa shape index (κ2) is 5.51. The molecule has 0 amide bonds. The van der Waals surface area contributed by atoms with E-state index in [1.807, 2.05) is 6.07 Å². The van der Waals surface area contributed by atoms with E-state index in [1.165, 1.54) is 0 Å². The normalized spacial score (nSPS) is 12.8. The van der Waals surface area contributed by atoms with Crippen molar-refractivity contribution in [2.45, 2.75) is 19.1 Å². The topological polar surface area (TPSA) is 48.7 Å². The number of hydrogen-bond acceptors (Lipinski definition) is 4. The summed E-state index contributed by atoms with van der Waals surface area (Å²) in [7, 11) is 0. The van der Waals surface area contributed by atoms with Gasteiger partial charge in [0.2, 0.25) is 0 Å². The summed E-state index contributed by atoms with van der Waals surface area (Å²) in [5, 5.41) is 12.9. The minimum Gasteiger partial charge on any atom is -0.350 e. The van der Waals surface area contributed by atoms with E-state index in [9.17, 15) is 13.2 Å². The Hall–Kier alpha value is -2.07. The Morgan fingerprint density at radius 2 is 1.95 bits per heavy atom. The Morgan fingerprint density at radius 1 is 1.30 bits per heavy atom. The minimum atomic E-state index is -4.31. The van der Waals surface area contributed by atoms with E-state index in [0.29, 0.717) is 11.3 Å². The summed E-state index contributed by atoms with van der Waals surface area (Å²) in [4.78, 5) is 4.11. The van der Waals surface area contributed by atoms with E-state index in [4.69, 9.17) is 5.26 Å². The van der Waals surface area contributed by atoms with Gasteiger partial charge in [-0.3, -0.25) is 0 Å². The van der Waals surface area contributed by atoms with Crippen molar-refractivity contribution in [3.63, 3.8) is 0 Å².